The van der Waals surface area contributed by atoms with Crippen molar-refractivity contribution in [2.45, 2.75) is 13.3 Å². The van der Waals surface area contributed by atoms with Gasteiger partial charge in [-0.3, -0.25) is 4.79 Å². The first-order valence-corrected chi connectivity index (χ1v) is 6.62. The summed E-state index contributed by atoms with van der Waals surface area (Å²) in [5, 5.41) is 3.43. The summed E-state index contributed by atoms with van der Waals surface area (Å²) in [5.41, 5.74) is 0.278. The van der Waals surface area contributed by atoms with Gasteiger partial charge in [0.1, 0.15) is 11.5 Å². The molecular formula is C13H20ClN3O2. The number of halogens is 1. The van der Waals surface area contributed by atoms with Crippen LogP contribution in [0.1, 0.15) is 23.8 Å². The number of carbonyl (C=O) groups excluding carboxylic acids is 1. The Morgan fingerprint density at radius 3 is 2.89 bits per heavy atom. The summed E-state index contributed by atoms with van der Waals surface area (Å²) in [6.45, 7) is 3.94. The van der Waals surface area contributed by atoms with Crippen LogP contribution in [-0.4, -0.2) is 49.6 Å². The number of nitrogens with zero attached hydrogens (tertiary/aromatic N) is 2. The van der Waals surface area contributed by atoms with Gasteiger partial charge >= 0.3 is 0 Å². The molecule has 1 amide bonds. The number of hydrogen-bond acceptors (Lipinski definition) is 4. The lowest BCUT2D eigenvalue weighted by Crippen LogP contribution is -2.29. The molecule has 0 fully saturated rings. The Morgan fingerprint density at radius 2 is 2.26 bits per heavy atom. The Morgan fingerprint density at radius 1 is 1.53 bits per heavy atom. The van der Waals surface area contributed by atoms with Gasteiger partial charge in [0.15, 0.2) is 0 Å². The summed E-state index contributed by atoms with van der Waals surface area (Å²) in [5.74, 6) is 0.474. The van der Waals surface area contributed by atoms with Gasteiger partial charge in [-0.2, -0.15) is 0 Å². The third-order valence-electron chi connectivity index (χ3n) is 2.60. The lowest BCUT2D eigenvalue weighted by molar-refractivity contribution is 0.0774. The first kappa shape index (κ1) is 15.7. The number of methoxy groups -OCH3 is 1. The van der Waals surface area contributed by atoms with E-state index in [1.807, 2.05) is 6.92 Å². The van der Waals surface area contributed by atoms with Crippen molar-refractivity contribution in [1.29, 1.82) is 0 Å². The summed E-state index contributed by atoms with van der Waals surface area (Å²) in [4.78, 5) is 18.1. The van der Waals surface area contributed by atoms with Gasteiger partial charge < -0.3 is 15.0 Å². The van der Waals surface area contributed by atoms with Crippen molar-refractivity contribution >= 4 is 23.3 Å². The Bertz CT molecular complexity index is 426. The van der Waals surface area contributed by atoms with Crippen LogP contribution in [0, 0.1) is 0 Å². The number of hydrogen-bond donors (Lipinski definition) is 1. The molecule has 1 N–H and O–H groups in total. The average molecular weight is 286 g/mol. The molecule has 106 valence electrons. The van der Waals surface area contributed by atoms with Crippen molar-refractivity contribution < 1.29 is 9.53 Å². The molecule has 0 bridgehead atoms. The summed E-state index contributed by atoms with van der Waals surface area (Å²) in [6.07, 6.45) is 0.781. The SMILES string of the molecule is CCNc1ccc(Cl)c(C(=O)N(C)CCCOC)n1. The quantitative estimate of drug-likeness (QED) is 0.781. The van der Waals surface area contributed by atoms with Crippen LogP contribution < -0.4 is 5.32 Å². The van der Waals surface area contributed by atoms with E-state index in [1.54, 1.807) is 31.2 Å². The number of ether oxygens (including phenoxy) is 1. The predicted molar refractivity (Wildman–Crippen MR) is 76.9 cm³/mol. The number of amides is 1. The van der Waals surface area contributed by atoms with Gasteiger partial charge in [0.05, 0.1) is 5.02 Å². The van der Waals surface area contributed by atoms with Gasteiger partial charge in [-0.1, -0.05) is 11.6 Å². The molecule has 0 aliphatic rings. The van der Waals surface area contributed by atoms with E-state index >= 15 is 0 Å². The normalized spacial score (nSPS) is 10.3. The van der Waals surface area contributed by atoms with Crippen molar-refractivity contribution in [2.24, 2.45) is 0 Å². The number of anilines is 1. The molecule has 19 heavy (non-hydrogen) atoms. The van der Waals surface area contributed by atoms with Crippen LogP contribution in [0.15, 0.2) is 12.1 Å². The van der Waals surface area contributed by atoms with Gasteiger partial charge in [-0.25, -0.2) is 4.98 Å². The van der Waals surface area contributed by atoms with Gasteiger partial charge in [0.25, 0.3) is 5.91 Å². The largest absolute Gasteiger partial charge is 0.385 e. The first-order chi connectivity index (χ1) is 9.10. The Hall–Kier alpha value is -1.33. The van der Waals surface area contributed by atoms with Crippen molar-refractivity contribution in [1.82, 2.24) is 9.88 Å². The van der Waals surface area contributed by atoms with E-state index in [0.717, 1.165) is 13.0 Å². The summed E-state index contributed by atoms with van der Waals surface area (Å²) in [6, 6.07) is 3.44. The molecule has 5 nitrogen and oxygen atoms in total. The number of carbonyl (C=O) groups is 1. The lowest BCUT2D eigenvalue weighted by Gasteiger charge is -2.17. The van der Waals surface area contributed by atoms with Gasteiger partial charge in [-0.05, 0) is 25.5 Å². The number of pyridine rings is 1. The van der Waals surface area contributed by atoms with Crippen LogP contribution in [0.4, 0.5) is 5.82 Å². The molecule has 1 rings (SSSR count). The predicted octanol–water partition coefficient (Wildman–Crippen LogP) is 2.28. The molecule has 1 heterocycles. The minimum Gasteiger partial charge on any atom is -0.385 e. The number of aromatic nitrogens is 1. The number of nitrogens with one attached hydrogen (secondary N) is 1. The van der Waals surface area contributed by atoms with Crippen molar-refractivity contribution in [3.63, 3.8) is 0 Å². The highest BCUT2D eigenvalue weighted by atomic mass is 35.5. The van der Waals surface area contributed by atoms with Crippen molar-refractivity contribution in [3.8, 4) is 0 Å². The molecule has 1 aromatic rings. The van der Waals surface area contributed by atoms with Crippen LogP contribution in [0.5, 0.6) is 0 Å². The molecule has 0 atom stereocenters. The smallest absolute Gasteiger partial charge is 0.273 e. The topological polar surface area (TPSA) is 54.5 Å². The standard InChI is InChI=1S/C13H20ClN3O2/c1-4-15-11-7-6-10(14)12(16-11)13(18)17(2)8-5-9-19-3/h6-7H,4-5,8-9H2,1-3H3,(H,15,16). The van der Waals surface area contributed by atoms with Gasteiger partial charge in [-0.15, -0.1) is 0 Å². The second kappa shape index (κ2) is 7.96. The van der Waals surface area contributed by atoms with Crippen LogP contribution in [0.3, 0.4) is 0 Å². The fourth-order valence-corrected chi connectivity index (χ4v) is 1.79. The van der Waals surface area contributed by atoms with Crippen LogP contribution in [0.25, 0.3) is 0 Å². The summed E-state index contributed by atoms with van der Waals surface area (Å²) >= 11 is 6.03. The summed E-state index contributed by atoms with van der Waals surface area (Å²) in [7, 11) is 3.37. The molecule has 0 radical (unpaired) electrons. The maximum atomic E-state index is 12.2. The zero-order valence-corrected chi connectivity index (χ0v) is 12.3. The first-order valence-electron chi connectivity index (χ1n) is 6.25. The molecule has 6 heteroatoms. The van der Waals surface area contributed by atoms with Crippen LogP contribution in [0.2, 0.25) is 5.02 Å². The Balaban J connectivity index is 2.76. The van der Waals surface area contributed by atoms with Gasteiger partial charge in [0, 0.05) is 33.9 Å². The monoisotopic (exact) mass is 285 g/mol. The van der Waals surface area contributed by atoms with E-state index in [1.165, 1.54) is 0 Å². The molecule has 0 saturated carbocycles. The molecular weight excluding hydrogens is 266 g/mol. The molecule has 0 unspecified atom stereocenters. The fourth-order valence-electron chi connectivity index (χ4n) is 1.60. The Kier molecular flexibility index (Phi) is 6.59. The van der Waals surface area contributed by atoms with Crippen LogP contribution in [-0.2, 0) is 4.74 Å². The molecule has 0 aromatic carbocycles. The summed E-state index contributed by atoms with van der Waals surface area (Å²) < 4.78 is 4.96. The zero-order valence-electron chi connectivity index (χ0n) is 11.6. The third kappa shape index (κ3) is 4.69. The van der Waals surface area contributed by atoms with E-state index in [-0.39, 0.29) is 11.6 Å². The van der Waals surface area contributed by atoms with Crippen molar-refractivity contribution in [2.75, 3.05) is 39.2 Å². The highest BCUT2D eigenvalue weighted by molar-refractivity contribution is 6.33. The van der Waals surface area contributed by atoms with E-state index in [4.69, 9.17) is 16.3 Å². The second-order valence-electron chi connectivity index (χ2n) is 4.13. The molecule has 0 spiro atoms. The van der Waals surface area contributed by atoms with Crippen LogP contribution >= 0.6 is 11.6 Å². The third-order valence-corrected chi connectivity index (χ3v) is 2.90. The Labute approximate surface area is 118 Å². The van der Waals surface area contributed by atoms with E-state index < -0.39 is 0 Å². The van der Waals surface area contributed by atoms with Crippen molar-refractivity contribution in [3.05, 3.63) is 22.8 Å². The second-order valence-corrected chi connectivity index (χ2v) is 4.54. The molecule has 0 saturated heterocycles. The molecule has 1 aromatic heterocycles. The minimum atomic E-state index is -0.180. The molecule has 0 aliphatic heterocycles. The van der Waals surface area contributed by atoms with E-state index in [0.29, 0.717) is 24.0 Å². The maximum Gasteiger partial charge on any atom is 0.273 e. The highest BCUT2D eigenvalue weighted by Crippen LogP contribution is 2.18. The fraction of sp³-hybridized carbons (Fsp3) is 0.538. The maximum absolute atomic E-state index is 12.2. The highest BCUT2D eigenvalue weighted by Gasteiger charge is 2.17. The number of rotatable bonds is 7. The molecule has 0 aliphatic carbocycles. The van der Waals surface area contributed by atoms with Gasteiger partial charge in [0.2, 0.25) is 0 Å². The minimum absolute atomic E-state index is 0.180. The average Bonchev–Trinajstić information content (AvgIpc) is 2.40. The van der Waals surface area contributed by atoms with E-state index in [9.17, 15) is 4.79 Å². The zero-order chi connectivity index (χ0) is 14.3. The van der Waals surface area contributed by atoms with E-state index in [2.05, 4.69) is 10.3 Å². The lowest BCUT2D eigenvalue weighted by atomic mass is 10.3.